The van der Waals surface area contributed by atoms with Crippen molar-refractivity contribution in [3.63, 3.8) is 0 Å². The SMILES string of the molecule is CN=C(NCCCC(=O)Nc1ccc(Cl)cc1)NCC1CCCS1. The molecule has 0 spiro atoms. The van der Waals surface area contributed by atoms with E-state index < -0.39 is 0 Å². The van der Waals surface area contributed by atoms with Crippen LogP contribution in [-0.2, 0) is 4.79 Å². The lowest BCUT2D eigenvalue weighted by Gasteiger charge is -2.14. The van der Waals surface area contributed by atoms with Crippen molar-refractivity contribution in [2.45, 2.75) is 30.9 Å². The first kappa shape index (κ1) is 18.9. The number of carbonyl (C=O) groups is 1. The van der Waals surface area contributed by atoms with E-state index in [9.17, 15) is 4.79 Å². The Morgan fingerprint density at radius 1 is 1.33 bits per heavy atom. The number of hydrogen-bond acceptors (Lipinski definition) is 3. The number of nitrogens with one attached hydrogen (secondary N) is 3. The number of halogens is 1. The minimum absolute atomic E-state index is 0.00410. The van der Waals surface area contributed by atoms with Crippen molar-refractivity contribution in [2.24, 2.45) is 4.99 Å². The number of guanidine groups is 1. The summed E-state index contributed by atoms with van der Waals surface area (Å²) in [5.41, 5.74) is 0.767. The van der Waals surface area contributed by atoms with Gasteiger partial charge in [0.05, 0.1) is 0 Å². The van der Waals surface area contributed by atoms with E-state index in [1.165, 1.54) is 18.6 Å². The van der Waals surface area contributed by atoms with Crippen molar-refractivity contribution < 1.29 is 4.79 Å². The van der Waals surface area contributed by atoms with Gasteiger partial charge in [-0.3, -0.25) is 9.79 Å². The Labute approximate surface area is 153 Å². The lowest BCUT2D eigenvalue weighted by molar-refractivity contribution is -0.116. The number of hydrogen-bond donors (Lipinski definition) is 3. The van der Waals surface area contributed by atoms with Gasteiger partial charge in [-0.05, 0) is 49.3 Å². The molecule has 1 aliphatic rings. The molecule has 1 unspecified atom stereocenters. The predicted octanol–water partition coefficient (Wildman–Crippen LogP) is 3.12. The zero-order chi connectivity index (χ0) is 17.2. The monoisotopic (exact) mass is 368 g/mol. The van der Waals surface area contributed by atoms with Crippen LogP contribution < -0.4 is 16.0 Å². The van der Waals surface area contributed by atoms with Gasteiger partial charge in [0.15, 0.2) is 5.96 Å². The molecule has 1 aromatic carbocycles. The molecule has 3 N–H and O–H groups in total. The number of aliphatic imine (C=N–C) groups is 1. The minimum Gasteiger partial charge on any atom is -0.356 e. The van der Waals surface area contributed by atoms with Crippen molar-refractivity contribution >= 4 is 40.9 Å². The fourth-order valence-electron chi connectivity index (χ4n) is 2.45. The number of amides is 1. The van der Waals surface area contributed by atoms with Gasteiger partial charge in [-0.2, -0.15) is 11.8 Å². The number of benzene rings is 1. The minimum atomic E-state index is 0.00410. The highest BCUT2D eigenvalue weighted by atomic mass is 35.5. The van der Waals surface area contributed by atoms with Crippen molar-refractivity contribution in [3.05, 3.63) is 29.3 Å². The zero-order valence-corrected chi connectivity index (χ0v) is 15.6. The molecule has 1 atom stereocenters. The Morgan fingerprint density at radius 2 is 2.12 bits per heavy atom. The molecule has 1 aromatic rings. The second-order valence-corrected chi connectivity index (χ2v) is 7.52. The zero-order valence-electron chi connectivity index (χ0n) is 14.0. The first-order valence-corrected chi connectivity index (χ1v) is 9.71. The van der Waals surface area contributed by atoms with Crippen LogP contribution in [0.1, 0.15) is 25.7 Å². The summed E-state index contributed by atoms with van der Waals surface area (Å²) in [7, 11) is 1.77. The molecule has 1 saturated heterocycles. The third-order valence-electron chi connectivity index (χ3n) is 3.75. The number of carbonyl (C=O) groups excluding carboxylic acids is 1. The van der Waals surface area contributed by atoms with Gasteiger partial charge in [0.2, 0.25) is 5.91 Å². The Bertz CT molecular complexity index is 544. The first-order chi connectivity index (χ1) is 11.7. The molecule has 1 aliphatic heterocycles. The van der Waals surface area contributed by atoms with E-state index in [-0.39, 0.29) is 5.91 Å². The fraction of sp³-hybridized carbons (Fsp3) is 0.529. The standard InChI is InChI=1S/C17H25ClN4OS/c1-19-17(21-12-15-4-3-11-24-15)20-10-2-5-16(23)22-14-8-6-13(18)7-9-14/h6-9,15H,2-5,10-12H2,1H3,(H,22,23)(H2,19,20,21). The van der Waals surface area contributed by atoms with Crippen molar-refractivity contribution in [2.75, 3.05) is 31.2 Å². The molecular formula is C17H25ClN4OS. The molecule has 24 heavy (non-hydrogen) atoms. The van der Waals surface area contributed by atoms with Crippen molar-refractivity contribution in [3.8, 4) is 0 Å². The van der Waals surface area contributed by atoms with Crippen LogP contribution >= 0.6 is 23.4 Å². The molecule has 0 aromatic heterocycles. The lowest BCUT2D eigenvalue weighted by atomic mass is 10.2. The van der Waals surface area contributed by atoms with E-state index in [0.717, 1.165) is 24.6 Å². The summed E-state index contributed by atoms with van der Waals surface area (Å²) in [4.78, 5) is 16.1. The van der Waals surface area contributed by atoms with Crippen LogP contribution in [0, 0.1) is 0 Å². The summed E-state index contributed by atoms with van der Waals surface area (Å²) in [6.07, 6.45) is 3.80. The number of anilines is 1. The molecule has 0 aliphatic carbocycles. The topological polar surface area (TPSA) is 65.5 Å². The third-order valence-corrected chi connectivity index (χ3v) is 5.40. The van der Waals surface area contributed by atoms with Gasteiger partial charge in [0, 0.05) is 42.5 Å². The predicted molar refractivity (Wildman–Crippen MR) is 104 cm³/mol. The lowest BCUT2D eigenvalue weighted by Crippen LogP contribution is -2.40. The van der Waals surface area contributed by atoms with Crippen LogP contribution in [0.15, 0.2) is 29.3 Å². The second-order valence-electron chi connectivity index (χ2n) is 5.67. The molecule has 1 fully saturated rings. The van der Waals surface area contributed by atoms with Gasteiger partial charge in [0.25, 0.3) is 0 Å². The van der Waals surface area contributed by atoms with Gasteiger partial charge < -0.3 is 16.0 Å². The first-order valence-electron chi connectivity index (χ1n) is 8.29. The van der Waals surface area contributed by atoms with Crippen LogP contribution in [0.4, 0.5) is 5.69 Å². The Hall–Kier alpha value is -1.40. The normalized spacial score (nSPS) is 17.6. The van der Waals surface area contributed by atoms with E-state index in [2.05, 4.69) is 20.9 Å². The summed E-state index contributed by atoms with van der Waals surface area (Å²) in [6, 6.07) is 7.12. The van der Waals surface area contributed by atoms with Crippen LogP contribution in [0.2, 0.25) is 5.02 Å². The number of thioether (sulfide) groups is 1. The highest BCUT2D eigenvalue weighted by Crippen LogP contribution is 2.25. The van der Waals surface area contributed by atoms with Crippen LogP contribution in [0.3, 0.4) is 0 Å². The summed E-state index contributed by atoms with van der Waals surface area (Å²) in [6.45, 7) is 1.66. The summed E-state index contributed by atoms with van der Waals surface area (Å²) in [5, 5.41) is 10.8. The molecule has 5 nitrogen and oxygen atoms in total. The van der Waals surface area contributed by atoms with E-state index in [4.69, 9.17) is 11.6 Å². The van der Waals surface area contributed by atoms with Gasteiger partial charge in [-0.25, -0.2) is 0 Å². The summed E-state index contributed by atoms with van der Waals surface area (Å²) in [5.74, 6) is 2.08. The Kier molecular flexibility index (Phi) is 8.25. The number of rotatable bonds is 7. The van der Waals surface area contributed by atoms with Crippen molar-refractivity contribution in [1.82, 2.24) is 10.6 Å². The Balaban J connectivity index is 1.58. The maximum Gasteiger partial charge on any atom is 0.224 e. The third kappa shape index (κ3) is 7.01. The smallest absolute Gasteiger partial charge is 0.224 e. The summed E-state index contributed by atoms with van der Waals surface area (Å²) < 4.78 is 0. The average molecular weight is 369 g/mol. The molecule has 7 heteroatoms. The fourth-order valence-corrected chi connectivity index (χ4v) is 3.78. The van der Waals surface area contributed by atoms with E-state index >= 15 is 0 Å². The maximum atomic E-state index is 11.9. The van der Waals surface area contributed by atoms with Gasteiger partial charge in [-0.15, -0.1) is 0 Å². The summed E-state index contributed by atoms with van der Waals surface area (Å²) >= 11 is 7.84. The molecule has 132 valence electrons. The van der Waals surface area contributed by atoms with E-state index in [0.29, 0.717) is 23.2 Å². The molecule has 1 amide bonds. The molecule has 0 bridgehead atoms. The van der Waals surface area contributed by atoms with E-state index in [1.807, 2.05) is 11.8 Å². The number of nitrogens with zero attached hydrogens (tertiary/aromatic N) is 1. The van der Waals surface area contributed by atoms with Crippen molar-refractivity contribution in [1.29, 1.82) is 0 Å². The Morgan fingerprint density at radius 3 is 2.79 bits per heavy atom. The highest BCUT2D eigenvalue weighted by molar-refractivity contribution is 8.00. The van der Waals surface area contributed by atoms with Crippen LogP contribution in [0.5, 0.6) is 0 Å². The maximum absolute atomic E-state index is 11.9. The van der Waals surface area contributed by atoms with E-state index in [1.54, 1.807) is 31.3 Å². The van der Waals surface area contributed by atoms with Gasteiger partial charge >= 0.3 is 0 Å². The van der Waals surface area contributed by atoms with Crippen LogP contribution in [0.25, 0.3) is 0 Å². The molecule has 2 rings (SSSR count). The second kappa shape index (κ2) is 10.5. The molecule has 0 radical (unpaired) electrons. The highest BCUT2D eigenvalue weighted by Gasteiger charge is 2.15. The van der Waals surface area contributed by atoms with Crippen LogP contribution in [-0.4, -0.2) is 43.0 Å². The quantitative estimate of drug-likeness (QED) is 0.393. The van der Waals surface area contributed by atoms with Gasteiger partial charge in [-0.1, -0.05) is 11.6 Å². The molecule has 1 heterocycles. The molecular weight excluding hydrogens is 344 g/mol. The molecule has 0 saturated carbocycles. The average Bonchev–Trinajstić information content (AvgIpc) is 3.10. The van der Waals surface area contributed by atoms with Gasteiger partial charge in [0.1, 0.15) is 0 Å². The largest absolute Gasteiger partial charge is 0.356 e.